The summed E-state index contributed by atoms with van der Waals surface area (Å²) in [6.45, 7) is 3.65. The van der Waals surface area contributed by atoms with Crippen LogP contribution in [0.5, 0.6) is 11.6 Å². The predicted molar refractivity (Wildman–Crippen MR) is 114 cm³/mol. The zero-order valence-electron chi connectivity index (χ0n) is 16.7. The van der Waals surface area contributed by atoms with E-state index >= 15 is 0 Å². The summed E-state index contributed by atoms with van der Waals surface area (Å²) in [5, 5.41) is 30.1. The summed E-state index contributed by atoms with van der Waals surface area (Å²) in [6, 6.07) is 14.3. The van der Waals surface area contributed by atoms with Gasteiger partial charge in [-0.15, -0.1) is 0 Å². The second-order valence-electron chi connectivity index (χ2n) is 6.58. The third-order valence-corrected chi connectivity index (χ3v) is 4.29. The van der Waals surface area contributed by atoms with E-state index in [1.165, 1.54) is 12.3 Å². The van der Waals surface area contributed by atoms with Crippen molar-refractivity contribution >= 4 is 23.7 Å². The number of carboxylic acids is 1. The summed E-state index contributed by atoms with van der Waals surface area (Å²) >= 11 is 0. The third kappa shape index (κ3) is 5.03. The van der Waals surface area contributed by atoms with Gasteiger partial charge in [0, 0.05) is 11.8 Å². The molecule has 8 heteroatoms. The van der Waals surface area contributed by atoms with Crippen LogP contribution in [0.2, 0.25) is 0 Å². The van der Waals surface area contributed by atoms with E-state index in [4.69, 9.17) is 15.3 Å². The lowest BCUT2D eigenvalue weighted by Gasteiger charge is -2.14. The number of allylic oxidation sites excluding steroid dienone is 1. The van der Waals surface area contributed by atoms with Crippen molar-refractivity contribution in [2.45, 2.75) is 13.8 Å². The Morgan fingerprint density at radius 3 is 2.42 bits per heavy atom. The molecule has 8 nitrogen and oxygen atoms in total. The molecule has 0 bridgehead atoms. The lowest BCUT2D eigenvalue weighted by atomic mass is 10.1. The van der Waals surface area contributed by atoms with E-state index in [1.54, 1.807) is 30.3 Å². The van der Waals surface area contributed by atoms with Gasteiger partial charge in [-0.3, -0.25) is 0 Å². The predicted octanol–water partition coefficient (Wildman–Crippen LogP) is 4.74. The molecule has 31 heavy (non-hydrogen) atoms. The highest BCUT2D eigenvalue weighted by molar-refractivity contribution is 5.90. The molecule has 0 atom stereocenters. The quantitative estimate of drug-likeness (QED) is 0.556. The topological polar surface area (TPSA) is 132 Å². The zero-order valence-corrected chi connectivity index (χ0v) is 16.7. The van der Waals surface area contributed by atoms with Crippen molar-refractivity contribution in [2.24, 2.45) is 0 Å². The van der Waals surface area contributed by atoms with Crippen molar-refractivity contribution < 1.29 is 14.6 Å². The Morgan fingerprint density at radius 2 is 1.84 bits per heavy atom. The number of carboxylic acid groups (broad SMARTS) is 1. The molecule has 0 unspecified atom stereocenters. The monoisotopic (exact) mass is 411 g/mol. The summed E-state index contributed by atoms with van der Waals surface area (Å²) < 4.78 is 5.90. The molecule has 0 amide bonds. The molecule has 0 aliphatic carbocycles. The van der Waals surface area contributed by atoms with E-state index in [9.17, 15) is 9.90 Å². The number of carbonyl (C=O) groups is 1. The smallest absolute Gasteiger partial charge is 0.342 e. The second-order valence-corrected chi connectivity index (χ2v) is 6.58. The van der Waals surface area contributed by atoms with Crippen LogP contribution in [0, 0.1) is 36.5 Å². The molecule has 0 aliphatic rings. The third-order valence-electron chi connectivity index (χ3n) is 4.29. The average molecular weight is 411 g/mol. The number of aryl methyl sites for hydroxylation is 2. The van der Waals surface area contributed by atoms with Crippen LogP contribution in [0.3, 0.4) is 0 Å². The molecule has 2 aromatic carbocycles. The summed E-state index contributed by atoms with van der Waals surface area (Å²) in [7, 11) is 0. The molecule has 1 heterocycles. The van der Waals surface area contributed by atoms with E-state index in [2.05, 4.69) is 15.3 Å². The fourth-order valence-corrected chi connectivity index (χ4v) is 2.88. The molecule has 0 radical (unpaired) electrons. The molecule has 0 saturated carbocycles. The first kappa shape index (κ1) is 21.0. The number of anilines is 2. The van der Waals surface area contributed by atoms with Crippen molar-refractivity contribution in [1.29, 1.82) is 10.5 Å². The van der Waals surface area contributed by atoms with Gasteiger partial charge in [0.15, 0.2) is 0 Å². The molecule has 0 saturated heterocycles. The van der Waals surface area contributed by atoms with E-state index in [-0.39, 0.29) is 17.4 Å². The summed E-state index contributed by atoms with van der Waals surface area (Å²) in [5.74, 6) is -0.706. The molecule has 1 aromatic heterocycles. The van der Waals surface area contributed by atoms with Gasteiger partial charge in [0.2, 0.25) is 11.8 Å². The van der Waals surface area contributed by atoms with Gasteiger partial charge < -0.3 is 15.2 Å². The van der Waals surface area contributed by atoms with Crippen LogP contribution >= 0.6 is 0 Å². The molecular weight excluding hydrogens is 394 g/mol. The molecule has 152 valence electrons. The van der Waals surface area contributed by atoms with Gasteiger partial charge >= 0.3 is 5.97 Å². The molecule has 3 rings (SSSR count). The minimum Gasteiger partial charge on any atom is -0.477 e. The van der Waals surface area contributed by atoms with Crippen LogP contribution in [-0.2, 0) is 0 Å². The zero-order chi connectivity index (χ0) is 22.4. The van der Waals surface area contributed by atoms with Crippen molar-refractivity contribution in [1.82, 2.24) is 9.97 Å². The van der Waals surface area contributed by atoms with Crippen molar-refractivity contribution in [3.8, 4) is 23.8 Å². The van der Waals surface area contributed by atoms with Crippen LogP contribution < -0.4 is 10.1 Å². The van der Waals surface area contributed by atoms with Crippen LogP contribution in [0.25, 0.3) is 6.08 Å². The van der Waals surface area contributed by atoms with Gasteiger partial charge in [0.05, 0.1) is 23.9 Å². The molecule has 0 spiro atoms. The molecule has 0 aliphatic heterocycles. The van der Waals surface area contributed by atoms with Gasteiger partial charge in [-0.05, 0) is 73.0 Å². The van der Waals surface area contributed by atoms with Crippen LogP contribution in [0.1, 0.15) is 32.6 Å². The minimum atomic E-state index is -1.22. The van der Waals surface area contributed by atoms with Gasteiger partial charge in [0.1, 0.15) is 11.3 Å². The number of hydrogen-bond donors (Lipinski definition) is 2. The fraction of sp³-hybridized carbons (Fsp3) is 0.0870. The first-order chi connectivity index (χ1) is 14.9. The fourth-order valence-electron chi connectivity index (χ4n) is 2.88. The van der Waals surface area contributed by atoms with Crippen molar-refractivity contribution in [2.75, 3.05) is 5.32 Å². The number of ether oxygens (including phenoxy) is 1. The van der Waals surface area contributed by atoms with Gasteiger partial charge in [-0.25, -0.2) is 9.78 Å². The number of nitrogens with one attached hydrogen (secondary N) is 1. The number of hydrogen-bond acceptors (Lipinski definition) is 7. The van der Waals surface area contributed by atoms with Gasteiger partial charge in [-0.1, -0.05) is 0 Å². The number of aromatic carboxylic acids is 1. The molecule has 3 aromatic rings. The Balaban J connectivity index is 1.95. The Morgan fingerprint density at radius 1 is 1.16 bits per heavy atom. The maximum Gasteiger partial charge on any atom is 0.342 e. The molecule has 0 fully saturated rings. The van der Waals surface area contributed by atoms with Crippen LogP contribution in [-0.4, -0.2) is 21.0 Å². The van der Waals surface area contributed by atoms with E-state index in [1.807, 2.05) is 38.1 Å². The highest BCUT2D eigenvalue weighted by atomic mass is 16.5. The van der Waals surface area contributed by atoms with E-state index in [0.29, 0.717) is 17.0 Å². The first-order valence-electron chi connectivity index (χ1n) is 9.14. The van der Waals surface area contributed by atoms with E-state index < -0.39 is 5.97 Å². The Hall–Kier alpha value is -4.69. The molecule has 2 N–H and O–H groups in total. The number of benzene rings is 2. The number of nitriles is 2. The van der Waals surface area contributed by atoms with Gasteiger partial charge in [-0.2, -0.15) is 15.5 Å². The largest absolute Gasteiger partial charge is 0.477 e. The van der Waals surface area contributed by atoms with Gasteiger partial charge in [0.25, 0.3) is 0 Å². The number of rotatable bonds is 6. The summed E-state index contributed by atoms with van der Waals surface area (Å²) in [5.41, 5.74) is 3.30. The highest BCUT2D eigenvalue weighted by Crippen LogP contribution is 2.32. The summed E-state index contributed by atoms with van der Waals surface area (Å²) in [6.07, 6.45) is 4.23. The standard InChI is InChI=1S/C23H17N5O3/c1-14-10-17(4-3-9-24)11-15(2)20(14)31-21-19(22(29)30)13-26-23(28-21)27-18-7-5-16(12-25)6-8-18/h3-8,10-11,13H,1-2H3,(H,29,30)(H,26,27,28). The normalized spacial score (nSPS) is 10.3. The minimum absolute atomic E-state index is 0.106. The maximum absolute atomic E-state index is 11.6. The number of aromatic nitrogens is 2. The first-order valence-corrected chi connectivity index (χ1v) is 9.14. The lowest BCUT2D eigenvalue weighted by molar-refractivity contribution is 0.0693. The van der Waals surface area contributed by atoms with Crippen LogP contribution in [0.4, 0.5) is 11.6 Å². The van der Waals surface area contributed by atoms with Crippen LogP contribution in [0.15, 0.2) is 48.7 Å². The average Bonchev–Trinajstić information content (AvgIpc) is 2.75. The maximum atomic E-state index is 11.6. The molecular formula is C23H17N5O3. The lowest BCUT2D eigenvalue weighted by Crippen LogP contribution is -2.07. The number of nitrogens with zero attached hydrogens (tertiary/aromatic N) is 4. The Kier molecular flexibility index (Phi) is 6.24. The second kappa shape index (κ2) is 9.21. The summed E-state index contributed by atoms with van der Waals surface area (Å²) in [4.78, 5) is 19.9. The van der Waals surface area contributed by atoms with Crippen molar-refractivity contribution in [3.05, 3.63) is 76.5 Å². The van der Waals surface area contributed by atoms with Crippen molar-refractivity contribution in [3.63, 3.8) is 0 Å². The Labute approximate surface area is 178 Å². The van der Waals surface area contributed by atoms with E-state index in [0.717, 1.165) is 16.7 Å². The SMILES string of the molecule is Cc1cc(C=CC#N)cc(C)c1Oc1nc(Nc2ccc(C#N)cc2)ncc1C(=O)O. The highest BCUT2D eigenvalue weighted by Gasteiger charge is 2.18. The Bertz CT molecular complexity index is 1230.